The highest BCUT2D eigenvalue weighted by molar-refractivity contribution is 5.45. The van der Waals surface area contributed by atoms with Crippen molar-refractivity contribution in [3.63, 3.8) is 0 Å². The number of nitro groups is 1. The van der Waals surface area contributed by atoms with Crippen LogP contribution in [-0.4, -0.2) is 18.8 Å². The molecule has 0 radical (unpaired) electrons. The monoisotopic (exact) mass is 197 g/mol. The molecule has 0 amide bonds. The molecule has 1 aromatic rings. The molecule has 5 nitrogen and oxygen atoms in total. The molecule has 0 unspecified atom stereocenters. The summed E-state index contributed by atoms with van der Waals surface area (Å²) in [4.78, 5) is 10.1. The van der Waals surface area contributed by atoms with Gasteiger partial charge >= 0.3 is 0 Å². The summed E-state index contributed by atoms with van der Waals surface area (Å²) in [5, 5.41) is 10.6. The first-order chi connectivity index (χ1) is 6.65. The highest BCUT2D eigenvalue weighted by Gasteiger charge is 2.11. The number of nitrogens with zero attached hydrogens (tertiary/aromatic N) is 1. The second-order valence-electron chi connectivity index (χ2n) is 2.76. The minimum absolute atomic E-state index is 0.0543. The third kappa shape index (κ3) is 2.43. The van der Waals surface area contributed by atoms with Gasteiger partial charge in [0.15, 0.2) is 6.79 Å². The van der Waals surface area contributed by atoms with E-state index in [-0.39, 0.29) is 12.5 Å². The fourth-order valence-electron chi connectivity index (χ4n) is 1.00. The number of hydrogen-bond acceptors (Lipinski definition) is 4. The van der Waals surface area contributed by atoms with Crippen molar-refractivity contribution in [1.29, 1.82) is 0 Å². The molecule has 76 valence electrons. The van der Waals surface area contributed by atoms with E-state index in [4.69, 9.17) is 4.74 Å². The van der Waals surface area contributed by atoms with E-state index in [0.29, 0.717) is 11.3 Å². The van der Waals surface area contributed by atoms with Gasteiger partial charge in [0.2, 0.25) is 0 Å². The van der Waals surface area contributed by atoms with Gasteiger partial charge in [-0.1, -0.05) is 0 Å². The molecular formula is C9H11NO4. The maximum atomic E-state index is 10.6. The van der Waals surface area contributed by atoms with Crippen LogP contribution >= 0.6 is 0 Å². The Labute approximate surface area is 81.4 Å². The van der Waals surface area contributed by atoms with Crippen LogP contribution in [-0.2, 0) is 4.74 Å². The van der Waals surface area contributed by atoms with Crippen LogP contribution in [0.25, 0.3) is 0 Å². The van der Waals surface area contributed by atoms with E-state index in [0.717, 1.165) is 0 Å². The molecule has 0 heterocycles. The molecule has 0 saturated heterocycles. The molecule has 0 saturated carbocycles. The molecule has 0 aromatic heterocycles. The Hall–Kier alpha value is -1.62. The standard InChI is InChI=1S/C9H11NO4/c1-7-3-4-8(14-6-13-2)5-9(7)10(11)12/h3-5H,6H2,1-2H3. The fraction of sp³-hybridized carbons (Fsp3) is 0.333. The predicted octanol–water partition coefficient (Wildman–Crippen LogP) is 1.89. The molecule has 5 heteroatoms. The maximum absolute atomic E-state index is 10.6. The first-order valence-electron chi connectivity index (χ1n) is 4.02. The molecule has 0 aliphatic carbocycles. The Morgan fingerprint density at radius 2 is 2.21 bits per heavy atom. The van der Waals surface area contributed by atoms with E-state index in [1.807, 2.05) is 0 Å². The van der Waals surface area contributed by atoms with Crippen molar-refractivity contribution < 1.29 is 14.4 Å². The average Bonchev–Trinajstić information content (AvgIpc) is 2.16. The van der Waals surface area contributed by atoms with Crippen molar-refractivity contribution in [2.45, 2.75) is 6.92 Å². The number of hydrogen-bond donors (Lipinski definition) is 0. The van der Waals surface area contributed by atoms with Gasteiger partial charge in [-0.15, -0.1) is 0 Å². The van der Waals surface area contributed by atoms with E-state index in [1.54, 1.807) is 19.1 Å². The zero-order chi connectivity index (χ0) is 10.6. The number of rotatable bonds is 4. The number of methoxy groups -OCH3 is 1. The summed E-state index contributed by atoms with van der Waals surface area (Å²) in [5.74, 6) is 0.434. The highest BCUT2D eigenvalue weighted by Crippen LogP contribution is 2.23. The second kappa shape index (κ2) is 4.57. The Bertz CT molecular complexity index is 338. The van der Waals surface area contributed by atoms with Crippen LogP contribution in [0.15, 0.2) is 18.2 Å². The number of aryl methyl sites for hydroxylation is 1. The zero-order valence-electron chi connectivity index (χ0n) is 8.02. The average molecular weight is 197 g/mol. The second-order valence-corrected chi connectivity index (χ2v) is 2.76. The molecule has 0 aliphatic rings. The van der Waals surface area contributed by atoms with Gasteiger partial charge in [-0.05, 0) is 19.1 Å². The van der Waals surface area contributed by atoms with Gasteiger partial charge in [-0.3, -0.25) is 10.1 Å². The van der Waals surface area contributed by atoms with Crippen LogP contribution in [0, 0.1) is 17.0 Å². The molecule has 14 heavy (non-hydrogen) atoms. The summed E-state index contributed by atoms with van der Waals surface area (Å²) < 4.78 is 9.76. The molecule has 0 bridgehead atoms. The fourth-order valence-corrected chi connectivity index (χ4v) is 1.00. The lowest BCUT2D eigenvalue weighted by Gasteiger charge is -2.04. The van der Waals surface area contributed by atoms with Crippen molar-refractivity contribution >= 4 is 5.69 Å². The summed E-state index contributed by atoms with van der Waals surface area (Å²) in [6.45, 7) is 1.76. The van der Waals surface area contributed by atoms with E-state index in [1.165, 1.54) is 13.2 Å². The summed E-state index contributed by atoms with van der Waals surface area (Å²) in [6, 6.07) is 4.69. The van der Waals surface area contributed by atoms with E-state index in [2.05, 4.69) is 4.74 Å². The normalized spacial score (nSPS) is 9.86. The highest BCUT2D eigenvalue weighted by atomic mass is 16.7. The third-order valence-electron chi connectivity index (χ3n) is 1.72. The molecule has 0 fully saturated rings. The van der Waals surface area contributed by atoms with E-state index >= 15 is 0 Å². The summed E-state index contributed by atoms with van der Waals surface area (Å²) >= 11 is 0. The van der Waals surface area contributed by atoms with Crippen LogP contribution in [0.1, 0.15) is 5.56 Å². The van der Waals surface area contributed by atoms with Gasteiger partial charge in [0.25, 0.3) is 5.69 Å². The minimum atomic E-state index is -0.436. The van der Waals surface area contributed by atoms with Gasteiger partial charge in [-0.25, -0.2) is 0 Å². The summed E-state index contributed by atoms with van der Waals surface area (Å²) in [7, 11) is 1.49. The van der Waals surface area contributed by atoms with Gasteiger partial charge in [0, 0.05) is 12.7 Å². The van der Waals surface area contributed by atoms with Crippen molar-refractivity contribution in [1.82, 2.24) is 0 Å². The predicted molar refractivity (Wildman–Crippen MR) is 50.3 cm³/mol. The van der Waals surface area contributed by atoms with Crippen LogP contribution in [0.5, 0.6) is 5.75 Å². The zero-order valence-corrected chi connectivity index (χ0v) is 8.02. The van der Waals surface area contributed by atoms with Gasteiger partial charge in [-0.2, -0.15) is 0 Å². The molecular weight excluding hydrogens is 186 g/mol. The van der Waals surface area contributed by atoms with Gasteiger partial charge in [0.1, 0.15) is 5.75 Å². The van der Waals surface area contributed by atoms with Gasteiger partial charge in [0.05, 0.1) is 11.0 Å². The maximum Gasteiger partial charge on any atom is 0.276 e. The Morgan fingerprint density at radius 1 is 1.50 bits per heavy atom. The molecule has 0 spiro atoms. The smallest absolute Gasteiger partial charge is 0.276 e. The van der Waals surface area contributed by atoms with Crippen LogP contribution < -0.4 is 4.74 Å². The molecule has 1 rings (SSSR count). The quantitative estimate of drug-likeness (QED) is 0.420. The van der Waals surface area contributed by atoms with Crippen molar-refractivity contribution in [2.24, 2.45) is 0 Å². The SMILES string of the molecule is COCOc1ccc(C)c([N+](=O)[O-])c1. The number of benzene rings is 1. The van der Waals surface area contributed by atoms with Crippen molar-refractivity contribution in [2.75, 3.05) is 13.9 Å². The lowest BCUT2D eigenvalue weighted by molar-refractivity contribution is -0.385. The van der Waals surface area contributed by atoms with E-state index in [9.17, 15) is 10.1 Å². The number of ether oxygens (including phenoxy) is 2. The summed E-state index contributed by atoms with van der Waals surface area (Å²) in [6.07, 6.45) is 0. The Balaban J connectivity index is 2.89. The first kappa shape index (κ1) is 10.5. The number of nitro benzene ring substituents is 1. The topological polar surface area (TPSA) is 61.6 Å². The van der Waals surface area contributed by atoms with Crippen molar-refractivity contribution in [3.05, 3.63) is 33.9 Å². The summed E-state index contributed by atoms with van der Waals surface area (Å²) in [5.41, 5.74) is 0.665. The van der Waals surface area contributed by atoms with Crippen molar-refractivity contribution in [3.8, 4) is 5.75 Å². The van der Waals surface area contributed by atoms with Crippen LogP contribution in [0.2, 0.25) is 0 Å². The lowest BCUT2D eigenvalue weighted by Crippen LogP contribution is -2.00. The third-order valence-corrected chi connectivity index (χ3v) is 1.72. The Morgan fingerprint density at radius 3 is 2.79 bits per heavy atom. The van der Waals surface area contributed by atoms with Gasteiger partial charge < -0.3 is 9.47 Å². The van der Waals surface area contributed by atoms with Crippen LogP contribution in [0.4, 0.5) is 5.69 Å². The minimum Gasteiger partial charge on any atom is -0.467 e. The lowest BCUT2D eigenvalue weighted by atomic mass is 10.2. The Kier molecular flexibility index (Phi) is 3.41. The van der Waals surface area contributed by atoms with Crippen LogP contribution in [0.3, 0.4) is 0 Å². The molecule has 1 aromatic carbocycles. The molecule has 0 atom stereocenters. The largest absolute Gasteiger partial charge is 0.467 e. The van der Waals surface area contributed by atoms with E-state index < -0.39 is 4.92 Å². The molecule has 0 aliphatic heterocycles. The molecule has 0 N–H and O–H groups in total. The first-order valence-corrected chi connectivity index (χ1v) is 4.02.